The summed E-state index contributed by atoms with van der Waals surface area (Å²) in [6.45, 7) is 17.8. The third kappa shape index (κ3) is 13.1. The number of carbonyl (C=O) groups is 2. The summed E-state index contributed by atoms with van der Waals surface area (Å²) < 4.78 is 0. The van der Waals surface area contributed by atoms with E-state index in [2.05, 4.69) is 20.6 Å². The summed E-state index contributed by atoms with van der Waals surface area (Å²) >= 11 is 0. The van der Waals surface area contributed by atoms with Crippen LogP contribution in [-0.2, 0) is 0 Å². The number of aromatic nitrogens is 2. The van der Waals surface area contributed by atoms with Gasteiger partial charge in [-0.3, -0.25) is 14.6 Å². The predicted octanol–water partition coefficient (Wildman–Crippen LogP) is 4.89. The Labute approximate surface area is 177 Å². The van der Waals surface area contributed by atoms with Crippen LogP contribution in [0.5, 0.6) is 0 Å². The summed E-state index contributed by atoms with van der Waals surface area (Å²) in [7, 11) is 3.18. The van der Waals surface area contributed by atoms with Gasteiger partial charge < -0.3 is 10.6 Å². The largest absolute Gasteiger partial charge is 0.354 e. The van der Waals surface area contributed by atoms with Crippen LogP contribution in [0.3, 0.4) is 0 Å². The average Bonchev–Trinajstić information content (AvgIpc) is 2.79. The lowest BCUT2D eigenvalue weighted by Crippen LogP contribution is -2.19. The molecular weight excluding hydrogens is 364 g/mol. The Balaban J connectivity index is -0.000000371. The normalized spacial score (nSPS) is 8.10. The van der Waals surface area contributed by atoms with Gasteiger partial charge in [-0.1, -0.05) is 53.7 Å². The van der Waals surface area contributed by atoms with Gasteiger partial charge in [0.15, 0.2) is 0 Å². The number of amides is 2. The first kappa shape index (κ1) is 31.0. The Bertz CT molecular complexity index is 684. The van der Waals surface area contributed by atoms with Crippen molar-refractivity contribution in [3.63, 3.8) is 0 Å². The van der Waals surface area contributed by atoms with Crippen molar-refractivity contribution in [3.8, 4) is 0 Å². The van der Waals surface area contributed by atoms with Crippen LogP contribution in [0.15, 0.2) is 30.5 Å². The Kier molecular flexibility index (Phi) is 21.3. The second kappa shape index (κ2) is 20.0. The molecule has 0 radical (unpaired) electrons. The SMILES string of the molecule is CC.CC.CC.CNC(=O)c1ccc(C)c(C)n1.CNC(=O)c1ccc(C)cn1. The predicted molar refractivity (Wildman–Crippen MR) is 124 cm³/mol. The van der Waals surface area contributed by atoms with Gasteiger partial charge in [-0.05, 0) is 44.0 Å². The van der Waals surface area contributed by atoms with Crippen LogP contribution >= 0.6 is 0 Å². The summed E-state index contributed by atoms with van der Waals surface area (Å²) in [5.41, 5.74) is 3.98. The highest BCUT2D eigenvalue weighted by Gasteiger charge is 2.04. The minimum absolute atomic E-state index is 0.141. The first-order chi connectivity index (χ1) is 13.9. The highest BCUT2D eigenvalue weighted by molar-refractivity contribution is 5.92. The maximum atomic E-state index is 11.1. The van der Waals surface area contributed by atoms with Gasteiger partial charge in [0.05, 0.1) is 0 Å². The molecule has 0 bridgehead atoms. The van der Waals surface area contributed by atoms with Crippen LogP contribution in [0.2, 0.25) is 0 Å². The van der Waals surface area contributed by atoms with Gasteiger partial charge >= 0.3 is 0 Å². The molecule has 2 aromatic rings. The lowest BCUT2D eigenvalue weighted by atomic mass is 10.2. The fraction of sp³-hybridized carbons (Fsp3) is 0.478. The lowest BCUT2D eigenvalue weighted by molar-refractivity contribution is 0.0950. The van der Waals surface area contributed by atoms with Crippen molar-refractivity contribution in [1.82, 2.24) is 20.6 Å². The molecule has 0 aromatic carbocycles. The fourth-order valence-electron chi connectivity index (χ4n) is 1.62. The molecule has 0 aliphatic carbocycles. The van der Waals surface area contributed by atoms with Gasteiger partial charge in [0.1, 0.15) is 11.4 Å². The van der Waals surface area contributed by atoms with E-state index in [-0.39, 0.29) is 11.8 Å². The second-order valence-corrected chi connectivity index (χ2v) is 4.98. The molecule has 0 unspecified atom stereocenters. The zero-order valence-electron chi connectivity index (χ0n) is 20.1. The molecule has 6 heteroatoms. The Morgan fingerprint density at radius 1 is 0.724 bits per heavy atom. The fourth-order valence-corrected chi connectivity index (χ4v) is 1.62. The van der Waals surface area contributed by atoms with Crippen molar-refractivity contribution in [2.24, 2.45) is 0 Å². The smallest absolute Gasteiger partial charge is 0.269 e. The van der Waals surface area contributed by atoms with E-state index in [9.17, 15) is 9.59 Å². The molecule has 2 aromatic heterocycles. The van der Waals surface area contributed by atoms with Gasteiger partial charge in [-0.25, -0.2) is 4.98 Å². The summed E-state index contributed by atoms with van der Waals surface area (Å²) in [6.07, 6.45) is 1.67. The summed E-state index contributed by atoms with van der Waals surface area (Å²) in [5, 5.41) is 5.03. The highest BCUT2D eigenvalue weighted by atomic mass is 16.2. The molecule has 0 aliphatic heterocycles. The number of nitrogens with zero attached hydrogens (tertiary/aromatic N) is 2. The molecule has 2 heterocycles. The lowest BCUT2D eigenvalue weighted by Gasteiger charge is -2.01. The number of rotatable bonds is 2. The van der Waals surface area contributed by atoms with Crippen LogP contribution in [0.25, 0.3) is 0 Å². The minimum atomic E-state index is -0.148. The van der Waals surface area contributed by atoms with E-state index in [1.807, 2.05) is 74.4 Å². The standard InChI is InChI=1S/C9H12N2O.C8H10N2O.3C2H6/c1-6-4-5-8(9(12)10-3)11-7(6)2;1-6-3-4-7(10-5-6)8(11)9-2;3*1-2/h4-5H,1-3H3,(H,10,12);3-5H,1-2H3,(H,9,11);3*1-2H3. The number of pyridine rings is 2. The zero-order valence-corrected chi connectivity index (χ0v) is 20.1. The summed E-state index contributed by atoms with van der Waals surface area (Å²) in [5.74, 6) is -0.289. The second-order valence-electron chi connectivity index (χ2n) is 4.98. The maximum absolute atomic E-state index is 11.1. The summed E-state index contributed by atoms with van der Waals surface area (Å²) in [6, 6.07) is 7.18. The first-order valence-electron chi connectivity index (χ1n) is 10.2. The number of hydrogen-bond donors (Lipinski definition) is 2. The minimum Gasteiger partial charge on any atom is -0.354 e. The number of aryl methyl sites for hydroxylation is 3. The quantitative estimate of drug-likeness (QED) is 0.747. The van der Waals surface area contributed by atoms with Crippen molar-refractivity contribution >= 4 is 11.8 Å². The number of hydrogen-bond acceptors (Lipinski definition) is 4. The number of carbonyl (C=O) groups excluding carboxylic acids is 2. The van der Waals surface area contributed by atoms with Crippen molar-refractivity contribution in [2.75, 3.05) is 14.1 Å². The third-order valence-electron chi connectivity index (χ3n) is 3.18. The van der Waals surface area contributed by atoms with Crippen LogP contribution in [-0.4, -0.2) is 35.9 Å². The summed E-state index contributed by atoms with van der Waals surface area (Å²) in [4.78, 5) is 30.1. The first-order valence-corrected chi connectivity index (χ1v) is 10.2. The van der Waals surface area contributed by atoms with E-state index in [4.69, 9.17) is 0 Å². The van der Waals surface area contributed by atoms with Gasteiger partial charge in [0, 0.05) is 26.0 Å². The van der Waals surface area contributed by atoms with E-state index in [0.29, 0.717) is 11.4 Å². The molecule has 2 amide bonds. The molecule has 0 fully saturated rings. The Hall–Kier alpha value is -2.76. The monoisotopic (exact) mass is 404 g/mol. The van der Waals surface area contributed by atoms with E-state index >= 15 is 0 Å². The molecule has 0 spiro atoms. The molecule has 2 N–H and O–H groups in total. The molecule has 0 aliphatic rings. The van der Waals surface area contributed by atoms with E-state index in [1.165, 1.54) is 0 Å². The van der Waals surface area contributed by atoms with Crippen LogP contribution in [0.4, 0.5) is 0 Å². The van der Waals surface area contributed by atoms with E-state index in [1.54, 1.807) is 32.4 Å². The molecule has 0 atom stereocenters. The van der Waals surface area contributed by atoms with E-state index in [0.717, 1.165) is 16.8 Å². The molecular formula is C23H40N4O2. The Morgan fingerprint density at radius 3 is 1.55 bits per heavy atom. The van der Waals surface area contributed by atoms with Crippen molar-refractivity contribution < 1.29 is 9.59 Å². The highest BCUT2D eigenvalue weighted by Crippen LogP contribution is 2.04. The van der Waals surface area contributed by atoms with E-state index < -0.39 is 0 Å². The van der Waals surface area contributed by atoms with Gasteiger partial charge in [0.25, 0.3) is 11.8 Å². The van der Waals surface area contributed by atoms with Gasteiger partial charge in [0.2, 0.25) is 0 Å². The Morgan fingerprint density at radius 2 is 1.17 bits per heavy atom. The van der Waals surface area contributed by atoms with Gasteiger partial charge in [-0.2, -0.15) is 0 Å². The van der Waals surface area contributed by atoms with Crippen LogP contribution < -0.4 is 10.6 Å². The molecule has 29 heavy (non-hydrogen) atoms. The van der Waals surface area contributed by atoms with Crippen LogP contribution in [0.1, 0.15) is 79.3 Å². The zero-order chi connectivity index (χ0) is 23.4. The van der Waals surface area contributed by atoms with Crippen LogP contribution in [0, 0.1) is 20.8 Å². The van der Waals surface area contributed by atoms with Gasteiger partial charge in [-0.15, -0.1) is 0 Å². The molecule has 0 saturated carbocycles. The average molecular weight is 405 g/mol. The topological polar surface area (TPSA) is 84.0 Å². The third-order valence-corrected chi connectivity index (χ3v) is 3.18. The molecule has 0 saturated heterocycles. The van der Waals surface area contributed by atoms with Crippen molar-refractivity contribution in [1.29, 1.82) is 0 Å². The van der Waals surface area contributed by atoms with Crippen molar-refractivity contribution in [3.05, 3.63) is 58.7 Å². The number of nitrogens with one attached hydrogen (secondary N) is 2. The maximum Gasteiger partial charge on any atom is 0.269 e. The molecule has 6 nitrogen and oxygen atoms in total. The molecule has 2 rings (SSSR count). The van der Waals surface area contributed by atoms with Crippen molar-refractivity contribution in [2.45, 2.75) is 62.3 Å². The molecule has 164 valence electrons.